The number of ether oxygens (including phenoxy) is 1. The number of rotatable bonds is 1. The molecule has 3 heterocycles. The van der Waals surface area contributed by atoms with Gasteiger partial charge in [0.1, 0.15) is 17.5 Å². The SMILES string of the molecule is CC(=O)C1C(=O)NC23CC[NH+](C)CC2C1c1ccccc1O3. The molecule has 22 heavy (non-hydrogen) atoms. The second-order valence-corrected chi connectivity index (χ2v) is 6.90. The summed E-state index contributed by atoms with van der Waals surface area (Å²) in [5.74, 6) is 0.0386. The van der Waals surface area contributed by atoms with Crippen LogP contribution in [0.3, 0.4) is 0 Å². The maximum absolute atomic E-state index is 12.6. The van der Waals surface area contributed by atoms with Crippen molar-refractivity contribution in [2.45, 2.75) is 25.0 Å². The number of hydrogen-bond donors (Lipinski definition) is 2. The molecule has 0 saturated carbocycles. The Morgan fingerprint density at radius 1 is 1.41 bits per heavy atom. The predicted octanol–water partition coefficient (Wildman–Crippen LogP) is -0.271. The van der Waals surface area contributed by atoms with Crippen LogP contribution >= 0.6 is 0 Å². The fourth-order valence-corrected chi connectivity index (χ4v) is 4.51. The molecule has 0 radical (unpaired) electrons. The van der Waals surface area contributed by atoms with Crippen LogP contribution in [0.1, 0.15) is 24.8 Å². The Morgan fingerprint density at radius 2 is 2.18 bits per heavy atom. The zero-order chi connectivity index (χ0) is 15.5. The fourth-order valence-electron chi connectivity index (χ4n) is 4.51. The molecule has 3 aliphatic heterocycles. The average molecular weight is 301 g/mol. The van der Waals surface area contributed by atoms with E-state index in [1.54, 1.807) is 0 Å². The van der Waals surface area contributed by atoms with Crippen LogP contribution in [0, 0.1) is 11.8 Å². The van der Waals surface area contributed by atoms with Crippen LogP contribution in [0.5, 0.6) is 5.75 Å². The number of nitrogens with one attached hydrogen (secondary N) is 2. The number of ketones is 1. The first kappa shape index (κ1) is 13.8. The summed E-state index contributed by atoms with van der Waals surface area (Å²) in [4.78, 5) is 26.2. The first-order valence-corrected chi connectivity index (χ1v) is 7.93. The third-order valence-corrected chi connectivity index (χ3v) is 5.51. The lowest BCUT2D eigenvalue weighted by Crippen LogP contribution is -3.13. The molecule has 5 nitrogen and oxygen atoms in total. The normalized spacial score (nSPS) is 39.1. The molecule has 5 heteroatoms. The molecule has 1 aromatic carbocycles. The summed E-state index contributed by atoms with van der Waals surface area (Å²) in [7, 11) is 2.16. The molecule has 0 aromatic heterocycles. The Balaban J connectivity index is 1.91. The van der Waals surface area contributed by atoms with Gasteiger partial charge < -0.3 is 15.0 Å². The summed E-state index contributed by atoms with van der Waals surface area (Å²) in [6, 6.07) is 7.84. The maximum Gasteiger partial charge on any atom is 0.234 e. The minimum absolute atomic E-state index is 0.0592. The summed E-state index contributed by atoms with van der Waals surface area (Å²) in [5.41, 5.74) is 0.370. The third kappa shape index (κ3) is 1.75. The fraction of sp³-hybridized carbons (Fsp3) is 0.529. The van der Waals surface area contributed by atoms with Crippen LogP contribution in [0.2, 0.25) is 0 Å². The van der Waals surface area contributed by atoms with Crippen molar-refractivity contribution in [1.82, 2.24) is 5.32 Å². The number of piperidine rings is 2. The van der Waals surface area contributed by atoms with E-state index in [4.69, 9.17) is 4.74 Å². The summed E-state index contributed by atoms with van der Waals surface area (Å²) in [6.45, 7) is 3.38. The van der Waals surface area contributed by atoms with Gasteiger partial charge in [-0.05, 0) is 18.6 Å². The van der Waals surface area contributed by atoms with Crippen molar-refractivity contribution < 1.29 is 19.2 Å². The van der Waals surface area contributed by atoms with Gasteiger partial charge in [-0.2, -0.15) is 0 Å². The van der Waals surface area contributed by atoms with Crippen LogP contribution in [0.25, 0.3) is 0 Å². The number of carbonyl (C=O) groups is 2. The molecule has 2 N–H and O–H groups in total. The van der Waals surface area contributed by atoms with Crippen LogP contribution in [-0.4, -0.2) is 37.6 Å². The molecule has 2 bridgehead atoms. The molecule has 4 rings (SSSR count). The molecule has 2 saturated heterocycles. The molecule has 2 fully saturated rings. The van der Waals surface area contributed by atoms with Crippen LogP contribution in [-0.2, 0) is 9.59 Å². The highest BCUT2D eigenvalue weighted by Crippen LogP contribution is 2.51. The van der Waals surface area contributed by atoms with Crippen molar-refractivity contribution in [3.8, 4) is 5.75 Å². The van der Waals surface area contributed by atoms with E-state index in [2.05, 4.69) is 12.4 Å². The van der Waals surface area contributed by atoms with E-state index in [-0.39, 0.29) is 23.5 Å². The molecule has 1 amide bonds. The van der Waals surface area contributed by atoms with Gasteiger partial charge in [0.05, 0.1) is 32.5 Å². The minimum atomic E-state index is -0.637. The largest absolute Gasteiger partial charge is 0.467 e. The lowest BCUT2D eigenvalue weighted by atomic mass is 9.64. The Kier molecular flexibility index (Phi) is 2.85. The summed E-state index contributed by atoms with van der Waals surface area (Å²) < 4.78 is 6.28. The van der Waals surface area contributed by atoms with Crippen molar-refractivity contribution >= 4 is 11.7 Å². The molecule has 5 atom stereocenters. The van der Waals surface area contributed by atoms with Gasteiger partial charge in [0, 0.05) is 5.92 Å². The van der Waals surface area contributed by atoms with E-state index >= 15 is 0 Å². The van der Waals surface area contributed by atoms with Gasteiger partial charge in [-0.3, -0.25) is 9.59 Å². The standard InChI is InChI=1S/C17H20N2O3/c1-10(20)14-15-11-5-3-4-6-13(11)22-17(18-16(14)21)7-8-19(2)9-12(15)17/h3-6,12,14-15H,7-9H2,1-2H3,(H,18,21)/p+1. The first-order valence-electron chi connectivity index (χ1n) is 7.93. The summed E-state index contributed by atoms with van der Waals surface area (Å²) in [5, 5.41) is 3.06. The topological polar surface area (TPSA) is 59.8 Å². The Bertz CT molecular complexity index is 659. The minimum Gasteiger partial charge on any atom is -0.467 e. The zero-order valence-corrected chi connectivity index (χ0v) is 12.9. The molecule has 5 unspecified atom stereocenters. The number of para-hydroxylation sites is 1. The maximum atomic E-state index is 12.6. The quantitative estimate of drug-likeness (QED) is 0.702. The van der Waals surface area contributed by atoms with Crippen molar-refractivity contribution in [3.63, 3.8) is 0 Å². The van der Waals surface area contributed by atoms with Crippen molar-refractivity contribution in [2.75, 3.05) is 20.1 Å². The average Bonchev–Trinajstić information content (AvgIpc) is 2.46. The third-order valence-electron chi connectivity index (χ3n) is 5.51. The molecule has 3 aliphatic rings. The zero-order valence-electron chi connectivity index (χ0n) is 12.9. The van der Waals surface area contributed by atoms with Gasteiger partial charge in [-0.1, -0.05) is 18.2 Å². The van der Waals surface area contributed by atoms with Crippen LogP contribution in [0.15, 0.2) is 24.3 Å². The van der Waals surface area contributed by atoms with Crippen molar-refractivity contribution in [2.24, 2.45) is 11.8 Å². The van der Waals surface area contributed by atoms with Gasteiger partial charge in [-0.15, -0.1) is 0 Å². The van der Waals surface area contributed by atoms with E-state index in [0.717, 1.165) is 30.8 Å². The number of benzene rings is 1. The highest BCUT2D eigenvalue weighted by atomic mass is 16.5. The molecule has 0 spiro atoms. The number of Topliss-reactive ketones (excluding diaryl/α,β-unsaturated/α-hetero) is 1. The smallest absolute Gasteiger partial charge is 0.234 e. The summed E-state index contributed by atoms with van der Waals surface area (Å²) >= 11 is 0. The molecule has 0 aliphatic carbocycles. The van der Waals surface area contributed by atoms with E-state index in [0.29, 0.717) is 0 Å². The van der Waals surface area contributed by atoms with Crippen molar-refractivity contribution in [3.05, 3.63) is 29.8 Å². The van der Waals surface area contributed by atoms with Crippen LogP contribution in [0.4, 0.5) is 0 Å². The molecular weight excluding hydrogens is 280 g/mol. The van der Waals surface area contributed by atoms with Gasteiger partial charge in [0.25, 0.3) is 0 Å². The second-order valence-electron chi connectivity index (χ2n) is 6.90. The first-order chi connectivity index (χ1) is 10.5. The lowest BCUT2D eigenvalue weighted by Gasteiger charge is -2.55. The molecule has 116 valence electrons. The number of likely N-dealkylation sites (tertiary alicyclic amines) is 1. The van der Waals surface area contributed by atoms with E-state index in [1.165, 1.54) is 11.8 Å². The van der Waals surface area contributed by atoms with Gasteiger partial charge in [0.2, 0.25) is 5.91 Å². The monoisotopic (exact) mass is 301 g/mol. The van der Waals surface area contributed by atoms with E-state index < -0.39 is 11.6 Å². The van der Waals surface area contributed by atoms with Crippen molar-refractivity contribution in [1.29, 1.82) is 0 Å². The highest BCUT2D eigenvalue weighted by Gasteiger charge is 2.62. The Labute approximate surface area is 129 Å². The number of carbonyl (C=O) groups excluding carboxylic acids is 2. The van der Waals surface area contributed by atoms with Crippen LogP contribution < -0.4 is 15.0 Å². The predicted molar refractivity (Wildman–Crippen MR) is 79.6 cm³/mol. The van der Waals surface area contributed by atoms with Gasteiger partial charge >= 0.3 is 0 Å². The molecular formula is C17H21N2O3+. The number of hydrogen-bond acceptors (Lipinski definition) is 3. The van der Waals surface area contributed by atoms with Gasteiger partial charge in [0.15, 0.2) is 5.72 Å². The number of amides is 1. The Hall–Kier alpha value is -1.88. The van der Waals surface area contributed by atoms with E-state index in [9.17, 15) is 9.59 Å². The van der Waals surface area contributed by atoms with E-state index in [1.807, 2.05) is 24.3 Å². The summed E-state index contributed by atoms with van der Waals surface area (Å²) in [6.07, 6.45) is 0.782. The molecule has 1 aromatic rings. The number of quaternary nitrogens is 1. The Morgan fingerprint density at radius 3 is 2.95 bits per heavy atom. The highest BCUT2D eigenvalue weighted by molar-refractivity contribution is 6.02. The lowest BCUT2D eigenvalue weighted by molar-refractivity contribution is -0.892. The van der Waals surface area contributed by atoms with Gasteiger partial charge in [-0.25, -0.2) is 0 Å². The second kappa shape index (κ2) is 4.56. The number of fused-ring (bicyclic) bond motifs is 2.